The van der Waals surface area contributed by atoms with Crippen molar-refractivity contribution in [3.8, 4) is 0 Å². The number of carbonyl (C=O) groups is 2. The third-order valence-electron chi connectivity index (χ3n) is 3.89. The Morgan fingerprint density at radius 2 is 1.64 bits per heavy atom. The lowest BCUT2D eigenvalue weighted by atomic mass is 10.1. The molecule has 1 aromatic heterocycles. The number of fused-ring (bicyclic) bond motifs is 1. The number of benzene rings is 2. The third kappa shape index (κ3) is 4.90. The maximum absolute atomic E-state index is 12.4. The minimum Gasteiger partial charge on any atom is -0.273 e. The van der Waals surface area contributed by atoms with Gasteiger partial charge < -0.3 is 0 Å². The predicted molar refractivity (Wildman–Crippen MR) is 104 cm³/mol. The Morgan fingerprint density at radius 1 is 0.893 bits per heavy atom. The molecular formula is C19H18N4O4S. The number of nitrogens with zero attached hydrogens (tertiary/aromatic N) is 1. The van der Waals surface area contributed by atoms with Crippen LogP contribution in [0.3, 0.4) is 0 Å². The van der Waals surface area contributed by atoms with E-state index in [-0.39, 0.29) is 23.6 Å². The molecule has 0 atom stereocenters. The standard InChI is InChI=1S/C19H18N4O4S/c24-18(22-23-19(25)17-7-3-4-11-20-17)10-12-21-28(26,27)16-9-8-14-5-1-2-6-15(14)13-16/h1-9,11,13,21H,10,12H2,(H,22,24)(H,23,25). The van der Waals surface area contributed by atoms with Crippen molar-refractivity contribution in [1.82, 2.24) is 20.6 Å². The number of rotatable bonds is 6. The fraction of sp³-hybridized carbons (Fsp3) is 0.105. The molecule has 8 nitrogen and oxygen atoms in total. The van der Waals surface area contributed by atoms with Gasteiger partial charge in [0.25, 0.3) is 5.91 Å². The number of hydrazine groups is 1. The third-order valence-corrected chi connectivity index (χ3v) is 5.35. The summed E-state index contributed by atoms with van der Waals surface area (Å²) in [6.07, 6.45) is 1.31. The molecule has 3 rings (SSSR count). The highest BCUT2D eigenvalue weighted by molar-refractivity contribution is 7.89. The summed E-state index contributed by atoms with van der Waals surface area (Å²) < 4.78 is 27.2. The van der Waals surface area contributed by atoms with Gasteiger partial charge in [-0.3, -0.25) is 25.4 Å². The van der Waals surface area contributed by atoms with Crippen molar-refractivity contribution in [3.63, 3.8) is 0 Å². The van der Waals surface area contributed by atoms with E-state index in [4.69, 9.17) is 0 Å². The molecule has 0 bridgehead atoms. The summed E-state index contributed by atoms with van der Waals surface area (Å²) in [5.41, 5.74) is 4.59. The van der Waals surface area contributed by atoms with Crippen LogP contribution >= 0.6 is 0 Å². The molecule has 0 saturated carbocycles. The van der Waals surface area contributed by atoms with Crippen LogP contribution in [0.25, 0.3) is 10.8 Å². The fourth-order valence-electron chi connectivity index (χ4n) is 2.47. The molecule has 2 aromatic carbocycles. The second-order valence-corrected chi connectivity index (χ2v) is 7.64. The summed E-state index contributed by atoms with van der Waals surface area (Å²) in [7, 11) is -3.75. The van der Waals surface area contributed by atoms with Crippen LogP contribution in [0.15, 0.2) is 71.8 Å². The van der Waals surface area contributed by atoms with E-state index in [1.807, 2.05) is 24.3 Å². The van der Waals surface area contributed by atoms with Gasteiger partial charge in [-0.2, -0.15) is 0 Å². The van der Waals surface area contributed by atoms with Gasteiger partial charge in [0.05, 0.1) is 4.90 Å². The van der Waals surface area contributed by atoms with E-state index in [9.17, 15) is 18.0 Å². The summed E-state index contributed by atoms with van der Waals surface area (Å²) in [6, 6.07) is 17.0. The quantitative estimate of drug-likeness (QED) is 0.542. The first-order valence-corrected chi connectivity index (χ1v) is 9.93. The smallest absolute Gasteiger partial charge is 0.273 e. The van der Waals surface area contributed by atoms with Crippen LogP contribution < -0.4 is 15.6 Å². The first kappa shape index (κ1) is 19.5. The maximum atomic E-state index is 12.4. The number of sulfonamides is 1. The Kier molecular flexibility index (Phi) is 5.97. The van der Waals surface area contributed by atoms with E-state index in [0.29, 0.717) is 0 Å². The minimum atomic E-state index is -3.75. The molecule has 0 spiro atoms. The highest BCUT2D eigenvalue weighted by Crippen LogP contribution is 2.18. The summed E-state index contributed by atoms with van der Waals surface area (Å²) in [5, 5.41) is 1.74. The lowest BCUT2D eigenvalue weighted by Crippen LogP contribution is -2.43. The lowest BCUT2D eigenvalue weighted by Gasteiger charge is -2.09. The van der Waals surface area contributed by atoms with Crippen LogP contribution in [0.5, 0.6) is 0 Å². The normalized spacial score (nSPS) is 11.1. The Labute approximate surface area is 162 Å². The molecule has 28 heavy (non-hydrogen) atoms. The summed E-state index contributed by atoms with van der Waals surface area (Å²) in [5.74, 6) is -1.10. The Morgan fingerprint density at radius 3 is 2.39 bits per heavy atom. The fourth-order valence-corrected chi connectivity index (χ4v) is 3.53. The second-order valence-electron chi connectivity index (χ2n) is 5.87. The van der Waals surface area contributed by atoms with Crippen molar-refractivity contribution in [2.45, 2.75) is 11.3 Å². The number of hydrogen-bond acceptors (Lipinski definition) is 5. The molecule has 0 unspecified atom stereocenters. The average Bonchev–Trinajstić information content (AvgIpc) is 2.72. The summed E-state index contributed by atoms with van der Waals surface area (Å²) in [4.78, 5) is 27.5. The minimum absolute atomic E-state index is 0.111. The van der Waals surface area contributed by atoms with E-state index >= 15 is 0 Å². The van der Waals surface area contributed by atoms with Gasteiger partial charge in [-0.05, 0) is 35.0 Å². The molecule has 3 N–H and O–H groups in total. The average molecular weight is 398 g/mol. The van der Waals surface area contributed by atoms with Crippen molar-refractivity contribution in [1.29, 1.82) is 0 Å². The van der Waals surface area contributed by atoms with Gasteiger partial charge in [0.15, 0.2) is 0 Å². The molecule has 3 aromatic rings. The molecule has 0 radical (unpaired) electrons. The van der Waals surface area contributed by atoms with Crippen LogP contribution in [-0.2, 0) is 14.8 Å². The van der Waals surface area contributed by atoms with E-state index < -0.39 is 21.8 Å². The molecule has 144 valence electrons. The highest BCUT2D eigenvalue weighted by atomic mass is 32.2. The predicted octanol–water partition coefficient (Wildman–Crippen LogP) is 1.36. The topological polar surface area (TPSA) is 117 Å². The maximum Gasteiger partial charge on any atom is 0.288 e. The van der Waals surface area contributed by atoms with Crippen LogP contribution in [0.2, 0.25) is 0 Å². The van der Waals surface area contributed by atoms with Gasteiger partial charge in [0.1, 0.15) is 5.69 Å². The van der Waals surface area contributed by atoms with Gasteiger partial charge >= 0.3 is 0 Å². The SMILES string of the molecule is O=C(CCNS(=O)(=O)c1ccc2ccccc2c1)NNC(=O)c1ccccn1. The highest BCUT2D eigenvalue weighted by Gasteiger charge is 2.15. The first-order chi connectivity index (χ1) is 13.5. The number of aromatic nitrogens is 1. The molecule has 1 heterocycles. The zero-order valence-electron chi connectivity index (χ0n) is 14.8. The van der Waals surface area contributed by atoms with Crippen LogP contribution in [0.4, 0.5) is 0 Å². The van der Waals surface area contributed by atoms with Crippen molar-refractivity contribution >= 4 is 32.6 Å². The summed E-state index contributed by atoms with van der Waals surface area (Å²) >= 11 is 0. The van der Waals surface area contributed by atoms with E-state index in [1.54, 1.807) is 24.3 Å². The lowest BCUT2D eigenvalue weighted by molar-refractivity contribution is -0.121. The first-order valence-electron chi connectivity index (χ1n) is 8.44. The molecule has 0 aliphatic rings. The number of amides is 2. The Balaban J connectivity index is 1.50. The Bertz CT molecular complexity index is 1100. The van der Waals surface area contributed by atoms with Gasteiger partial charge in [-0.25, -0.2) is 13.1 Å². The zero-order chi connectivity index (χ0) is 20.0. The monoisotopic (exact) mass is 398 g/mol. The van der Waals surface area contributed by atoms with E-state index in [2.05, 4.69) is 20.6 Å². The van der Waals surface area contributed by atoms with Gasteiger partial charge in [-0.15, -0.1) is 0 Å². The number of hydrogen-bond donors (Lipinski definition) is 3. The van der Waals surface area contributed by atoms with E-state index in [1.165, 1.54) is 18.3 Å². The Hall–Kier alpha value is -3.30. The van der Waals surface area contributed by atoms with Crippen molar-refractivity contribution in [2.75, 3.05) is 6.54 Å². The zero-order valence-corrected chi connectivity index (χ0v) is 15.6. The largest absolute Gasteiger partial charge is 0.288 e. The number of carbonyl (C=O) groups excluding carboxylic acids is 2. The molecule has 0 fully saturated rings. The number of nitrogens with one attached hydrogen (secondary N) is 3. The molecule has 0 aliphatic carbocycles. The molecule has 9 heteroatoms. The van der Waals surface area contributed by atoms with Crippen LogP contribution in [0, 0.1) is 0 Å². The second kappa shape index (κ2) is 8.59. The molecule has 0 aliphatic heterocycles. The molecule has 2 amide bonds. The van der Waals surface area contributed by atoms with Crippen LogP contribution in [0.1, 0.15) is 16.9 Å². The van der Waals surface area contributed by atoms with E-state index in [0.717, 1.165) is 10.8 Å². The van der Waals surface area contributed by atoms with Gasteiger partial charge in [0.2, 0.25) is 15.9 Å². The van der Waals surface area contributed by atoms with Crippen molar-refractivity contribution < 1.29 is 18.0 Å². The summed E-state index contributed by atoms with van der Waals surface area (Å²) in [6.45, 7) is -0.111. The van der Waals surface area contributed by atoms with Gasteiger partial charge in [0, 0.05) is 19.2 Å². The van der Waals surface area contributed by atoms with Gasteiger partial charge in [-0.1, -0.05) is 36.4 Å². The van der Waals surface area contributed by atoms with Crippen molar-refractivity contribution in [2.24, 2.45) is 0 Å². The molecular weight excluding hydrogens is 380 g/mol. The van der Waals surface area contributed by atoms with Crippen LogP contribution in [-0.4, -0.2) is 31.8 Å². The number of pyridine rings is 1. The van der Waals surface area contributed by atoms with Crippen molar-refractivity contribution in [3.05, 3.63) is 72.6 Å². The molecule has 0 saturated heterocycles.